The first kappa shape index (κ1) is 14.6. The third-order valence-electron chi connectivity index (χ3n) is 4.51. The standard InChI is InChI=1S/C22H22/c1-17(19-10-5-3-6-11-19)21-14-9-15-22(16-21)18(2)20-12-7-4-8-13-20/h3-18H,1-2H3. The van der Waals surface area contributed by atoms with E-state index >= 15 is 0 Å². The molecule has 0 aliphatic carbocycles. The predicted octanol–water partition coefficient (Wildman–Crippen LogP) is 5.99. The van der Waals surface area contributed by atoms with Crippen LogP contribution in [-0.4, -0.2) is 0 Å². The van der Waals surface area contributed by atoms with Crippen LogP contribution in [0.4, 0.5) is 0 Å². The van der Waals surface area contributed by atoms with Gasteiger partial charge in [-0.15, -0.1) is 0 Å². The Bertz CT molecular complexity index is 653. The lowest BCUT2D eigenvalue weighted by atomic mass is 9.87. The van der Waals surface area contributed by atoms with Crippen LogP contribution >= 0.6 is 0 Å². The molecule has 0 heteroatoms. The second-order valence-electron chi connectivity index (χ2n) is 5.93. The molecule has 0 bridgehead atoms. The molecule has 0 nitrogen and oxygen atoms in total. The van der Waals surface area contributed by atoms with Crippen molar-refractivity contribution in [3.8, 4) is 0 Å². The minimum absolute atomic E-state index is 0.420. The van der Waals surface area contributed by atoms with Crippen LogP contribution in [0.15, 0.2) is 84.9 Å². The summed E-state index contributed by atoms with van der Waals surface area (Å²) < 4.78 is 0. The molecular weight excluding hydrogens is 264 g/mol. The molecule has 22 heavy (non-hydrogen) atoms. The van der Waals surface area contributed by atoms with Crippen molar-refractivity contribution in [3.05, 3.63) is 107 Å². The van der Waals surface area contributed by atoms with E-state index in [2.05, 4.69) is 98.8 Å². The van der Waals surface area contributed by atoms with Gasteiger partial charge in [0.15, 0.2) is 0 Å². The highest BCUT2D eigenvalue weighted by atomic mass is 14.2. The lowest BCUT2D eigenvalue weighted by Crippen LogP contribution is -2.00. The van der Waals surface area contributed by atoms with Crippen molar-refractivity contribution in [3.63, 3.8) is 0 Å². The van der Waals surface area contributed by atoms with Gasteiger partial charge in [0.2, 0.25) is 0 Å². The van der Waals surface area contributed by atoms with Crippen LogP contribution in [-0.2, 0) is 0 Å². The van der Waals surface area contributed by atoms with Gasteiger partial charge in [0, 0.05) is 11.8 Å². The van der Waals surface area contributed by atoms with E-state index < -0.39 is 0 Å². The van der Waals surface area contributed by atoms with Crippen LogP contribution in [0.5, 0.6) is 0 Å². The second-order valence-corrected chi connectivity index (χ2v) is 5.93. The van der Waals surface area contributed by atoms with E-state index in [-0.39, 0.29) is 0 Å². The fraction of sp³-hybridized carbons (Fsp3) is 0.182. The molecule has 0 aliphatic rings. The topological polar surface area (TPSA) is 0 Å². The average Bonchev–Trinajstić information content (AvgIpc) is 2.62. The Kier molecular flexibility index (Phi) is 4.39. The molecule has 0 aromatic heterocycles. The zero-order valence-corrected chi connectivity index (χ0v) is 13.2. The van der Waals surface area contributed by atoms with Gasteiger partial charge in [-0.3, -0.25) is 0 Å². The molecule has 0 spiro atoms. The summed E-state index contributed by atoms with van der Waals surface area (Å²) in [5.41, 5.74) is 5.50. The van der Waals surface area contributed by atoms with Gasteiger partial charge in [0.25, 0.3) is 0 Å². The minimum atomic E-state index is 0.420. The van der Waals surface area contributed by atoms with Gasteiger partial charge < -0.3 is 0 Å². The maximum atomic E-state index is 2.36. The lowest BCUT2D eigenvalue weighted by Gasteiger charge is -2.17. The Hall–Kier alpha value is -2.34. The molecular formula is C22H22. The summed E-state index contributed by atoms with van der Waals surface area (Å²) in [6.45, 7) is 4.56. The highest BCUT2D eigenvalue weighted by molar-refractivity contribution is 5.38. The van der Waals surface area contributed by atoms with Gasteiger partial charge in [-0.2, -0.15) is 0 Å². The van der Waals surface area contributed by atoms with Gasteiger partial charge in [-0.1, -0.05) is 98.8 Å². The van der Waals surface area contributed by atoms with Gasteiger partial charge in [0.05, 0.1) is 0 Å². The molecule has 0 saturated heterocycles. The largest absolute Gasteiger partial charge is 0.0622 e. The van der Waals surface area contributed by atoms with Gasteiger partial charge in [-0.25, -0.2) is 0 Å². The zero-order chi connectivity index (χ0) is 15.4. The molecule has 3 aromatic carbocycles. The molecule has 2 atom stereocenters. The Morgan fingerprint density at radius 1 is 0.455 bits per heavy atom. The van der Waals surface area contributed by atoms with E-state index in [1.807, 2.05) is 0 Å². The molecule has 0 fully saturated rings. The normalized spacial score (nSPS) is 13.5. The Morgan fingerprint density at radius 2 is 0.818 bits per heavy atom. The summed E-state index contributed by atoms with van der Waals surface area (Å²) in [5.74, 6) is 0.841. The number of hydrogen-bond donors (Lipinski definition) is 0. The molecule has 2 unspecified atom stereocenters. The quantitative estimate of drug-likeness (QED) is 0.552. The lowest BCUT2D eigenvalue weighted by molar-refractivity contribution is 0.887. The molecule has 110 valence electrons. The molecule has 0 radical (unpaired) electrons. The SMILES string of the molecule is CC(c1ccccc1)c1cccc(C(C)c2ccccc2)c1. The second kappa shape index (κ2) is 6.62. The summed E-state index contributed by atoms with van der Waals surface area (Å²) in [7, 11) is 0. The van der Waals surface area contributed by atoms with E-state index in [1.165, 1.54) is 22.3 Å². The molecule has 0 amide bonds. The summed E-state index contributed by atoms with van der Waals surface area (Å²) in [4.78, 5) is 0. The fourth-order valence-corrected chi connectivity index (χ4v) is 2.97. The van der Waals surface area contributed by atoms with E-state index in [1.54, 1.807) is 0 Å². The first-order chi connectivity index (χ1) is 10.8. The van der Waals surface area contributed by atoms with Gasteiger partial charge in [-0.05, 0) is 22.3 Å². The van der Waals surface area contributed by atoms with Crippen molar-refractivity contribution in [2.45, 2.75) is 25.7 Å². The summed E-state index contributed by atoms with van der Waals surface area (Å²) in [6.07, 6.45) is 0. The third-order valence-corrected chi connectivity index (χ3v) is 4.51. The highest BCUT2D eigenvalue weighted by Crippen LogP contribution is 2.29. The third kappa shape index (κ3) is 3.12. The average molecular weight is 286 g/mol. The van der Waals surface area contributed by atoms with Crippen molar-refractivity contribution in [1.82, 2.24) is 0 Å². The van der Waals surface area contributed by atoms with Crippen LogP contribution in [0.25, 0.3) is 0 Å². The minimum Gasteiger partial charge on any atom is -0.0622 e. The Labute approximate surface area is 133 Å². The summed E-state index contributed by atoms with van der Waals surface area (Å²) in [5, 5.41) is 0. The number of hydrogen-bond acceptors (Lipinski definition) is 0. The molecule has 0 saturated carbocycles. The van der Waals surface area contributed by atoms with E-state index in [0.29, 0.717) is 11.8 Å². The Morgan fingerprint density at radius 3 is 1.23 bits per heavy atom. The van der Waals surface area contributed by atoms with E-state index in [4.69, 9.17) is 0 Å². The number of benzene rings is 3. The predicted molar refractivity (Wildman–Crippen MR) is 94.4 cm³/mol. The van der Waals surface area contributed by atoms with Crippen molar-refractivity contribution in [2.75, 3.05) is 0 Å². The monoisotopic (exact) mass is 286 g/mol. The van der Waals surface area contributed by atoms with E-state index in [0.717, 1.165) is 0 Å². The molecule has 3 rings (SSSR count). The zero-order valence-electron chi connectivity index (χ0n) is 13.2. The van der Waals surface area contributed by atoms with Crippen LogP contribution in [0.1, 0.15) is 47.9 Å². The maximum Gasteiger partial charge on any atom is 0.00611 e. The van der Waals surface area contributed by atoms with E-state index in [9.17, 15) is 0 Å². The summed E-state index contributed by atoms with van der Waals surface area (Å²) in [6, 6.07) is 30.4. The summed E-state index contributed by atoms with van der Waals surface area (Å²) >= 11 is 0. The van der Waals surface area contributed by atoms with Crippen LogP contribution < -0.4 is 0 Å². The molecule has 3 aromatic rings. The Balaban J connectivity index is 1.90. The van der Waals surface area contributed by atoms with Gasteiger partial charge >= 0.3 is 0 Å². The fourth-order valence-electron chi connectivity index (χ4n) is 2.97. The van der Waals surface area contributed by atoms with Gasteiger partial charge in [0.1, 0.15) is 0 Å². The number of rotatable bonds is 4. The van der Waals surface area contributed by atoms with Crippen LogP contribution in [0.3, 0.4) is 0 Å². The molecule has 0 aliphatic heterocycles. The van der Waals surface area contributed by atoms with Crippen LogP contribution in [0, 0.1) is 0 Å². The highest BCUT2D eigenvalue weighted by Gasteiger charge is 2.12. The smallest absolute Gasteiger partial charge is 0.00611 e. The molecule has 0 N–H and O–H groups in total. The van der Waals surface area contributed by atoms with Crippen molar-refractivity contribution >= 4 is 0 Å². The molecule has 0 heterocycles. The van der Waals surface area contributed by atoms with Crippen molar-refractivity contribution in [2.24, 2.45) is 0 Å². The van der Waals surface area contributed by atoms with Crippen LogP contribution in [0.2, 0.25) is 0 Å². The maximum absolute atomic E-state index is 2.36. The van der Waals surface area contributed by atoms with Crippen molar-refractivity contribution < 1.29 is 0 Å². The first-order valence-electron chi connectivity index (χ1n) is 7.95. The first-order valence-corrected chi connectivity index (χ1v) is 7.95. The van der Waals surface area contributed by atoms with Crippen molar-refractivity contribution in [1.29, 1.82) is 0 Å².